The number of carboxylic acid groups (broad SMARTS) is 2. The van der Waals surface area contributed by atoms with Crippen LogP contribution < -0.4 is 21.7 Å². The minimum atomic E-state index is -1.36. The number of amides is 3. The molecule has 1 saturated carbocycles. The van der Waals surface area contributed by atoms with Gasteiger partial charge in [-0.15, -0.1) is 0 Å². The lowest BCUT2D eigenvalue weighted by atomic mass is 9.94. The number of carbonyl (C=O) groups excluding carboxylic acids is 3. The summed E-state index contributed by atoms with van der Waals surface area (Å²) in [7, 11) is 0. The Morgan fingerprint density at radius 2 is 1.59 bits per heavy atom. The van der Waals surface area contributed by atoms with Crippen LogP contribution >= 0.6 is 0 Å². The summed E-state index contributed by atoms with van der Waals surface area (Å²) < 4.78 is 0. The first kappa shape index (κ1) is 26.8. The van der Waals surface area contributed by atoms with Crippen molar-refractivity contribution < 1.29 is 34.2 Å². The standard InChI is InChI=1S/C23H32N4O7/c1-14(24)19(30)25-16(9-10-18(28)29)20(31)27-23(11-5-6-12-23)22(34)26-17(21(32)33)13-15-7-3-2-4-8-15/h2-4,7-8,14,16-17H,5-6,9-13,24H2,1H3,(H,25,30)(H,26,34)(H,27,31)(H,28,29)(H,32,33)/t14-,16-,17-/m0/s1. The SMILES string of the molecule is C[C@H](N)C(=O)N[C@@H](CCC(=O)O)C(=O)NC1(C(=O)N[C@@H](Cc2ccccc2)C(=O)O)CCCC1. The summed E-state index contributed by atoms with van der Waals surface area (Å²) in [6, 6.07) is 5.51. The van der Waals surface area contributed by atoms with Crippen molar-refractivity contribution in [2.45, 2.75) is 75.5 Å². The van der Waals surface area contributed by atoms with Gasteiger partial charge in [0.25, 0.3) is 0 Å². The summed E-state index contributed by atoms with van der Waals surface area (Å²) in [5, 5.41) is 26.3. The molecule has 1 aliphatic carbocycles. The van der Waals surface area contributed by atoms with Crippen molar-refractivity contribution in [2.75, 3.05) is 0 Å². The molecule has 1 aromatic carbocycles. The molecule has 186 valence electrons. The first-order chi connectivity index (χ1) is 16.0. The molecule has 2 rings (SSSR count). The highest BCUT2D eigenvalue weighted by atomic mass is 16.4. The maximum Gasteiger partial charge on any atom is 0.326 e. The van der Waals surface area contributed by atoms with E-state index in [2.05, 4.69) is 16.0 Å². The summed E-state index contributed by atoms with van der Waals surface area (Å²) in [6.07, 6.45) is 1.34. The van der Waals surface area contributed by atoms with E-state index in [1.54, 1.807) is 30.3 Å². The topological polar surface area (TPSA) is 188 Å². The fraction of sp³-hybridized carbons (Fsp3) is 0.522. The second-order valence-corrected chi connectivity index (χ2v) is 8.61. The second-order valence-electron chi connectivity index (χ2n) is 8.61. The first-order valence-electron chi connectivity index (χ1n) is 11.2. The van der Waals surface area contributed by atoms with Crippen LogP contribution in [-0.2, 0) is 30.4 Å². The molecule has 11 nitrogen and oxygen atoms in total. The second kappa shape index (κ2) is 12.1. The van der Waals surface area contributed by atoms with Crippen molar-refractivity contribution in [3.05, 3.63) is 35.9 Å². The number of nitrogens with one attached hydrogen (secondary N) is 3. The van der Waals surface area contributed by atoms with E-state index < -0.39 is 53.3 Å². The van der Waals surface area contributed by atoms with Gasteiger partial charge in [0.1, 0.15) is 17.6 Å². The van der Waals surface area contributed by atoms with Crippen molar-refractivity contribution in [2.24, 2.45) is 5.73 Å². The summed E-state index contributed by atoms with van der Waals surface area (Å²) >= 11 is 0. The van der Waals surface area contributed by atoms with Crippen LogP contribution in [-0.4, -0.2) is 63.5 Å². The van der Waals surface area contributed by atoms with Crippen LogP contribution in [0.2, 0.25) is 0 Å². The number of rotatable bonds is 12. The van der Waals surface area contributed by atoms with Crippen molar-refractivity contribution in [1.29, 1.82) is 0 Å². The Bertz CT molecular complexity index is 898. The van der Waals surface area contributed by atoms with E-state index in [1.165, 1.54) is 6.92 Å². The molecule has 3 amide bonds. The third kappa shape index (κ3) is 7.55. The molecule has 11 heteroatoms. The Morgan fingerprint density at radius 3 is 2.12 bits per heavy atom. The van der Waals surface area contributed by atoms with E-state index in [1.807, 2.05) is 0 Å². The summed E-state index contributed by atoms with van der Waals surface area (Å²) in [6.45, 7) is 1.42. The summed E-state index contributed by atoms with van der Waals surface area (Å²) in [5.41, 5.74) is 4.91. The fourth-order valence-corrected chi connectivity index (χ4v) is 3.90. The lowest BCUT2D eigenvalue weighted by Crippen LogP contribution is -2.63. The maximum atomic E-state index is 13.2. The molecule has 0 unspecified atom stereocenters. The first-order valence-corrected chi connectivity index (χ1v) is 11.2. The molecular formula is C23H32N4O7. The van der Waals surface area contributed by atoms with Gasteiger partial charge in [0.05, 0.1) is 6.04 Å². The third-order valence-corrected chi connectivity index (χ3v) is 5.83. The van der Waals surface area contributed by atoms with Crippen molar-refractivity contribution in [3.63, 3.8) is 0 Å². The molecule has 0 bridgehead atoms. The number of hydrogen-bond donors (Lipinski definition) is 6. The number of carboxylic acids is 2. The zero-order valence-electron chi connectivity index (χ0n) is 19.1. The number of nitrogens with two attached hydrogens (primary N) is 1. The molecule has 1 aromatic rings. The largest absolute Gasteiger partial charge is 0.481 e. The van der Waals surface area contributed by atoms with E-state index in [9.17, 15) is 29.1 Å². The normalized spacial score (nSPS) is 17.1. The molecule has 0 saturated heterocycles. The molecule has 1 fully saturated rings. The van der Waals surface area contributed by atoms with Gasteiger partial charge >= 0.3 is 11.9 Å². The molecule has 3 atom stereocenters. The number of aliphatic carboxylic acids is 2. The quantitative estimate of drug-likeness (QED) is 0.242. The molecule has 0 radical (unpaired) electrons. The predicted molar refractivity (Wildman–Crippen MR) is 122 cm³/mol. The molecule has 0 heterocycles. The average molecular weight is 477 g/mol. The van der Waals surface area contributed by atoms with E-state index in [0.29, 0.717) is 12.8 Å². The molecule has 34 heavy (non-hydrogen) atoms. The van der Waals surface area contributed by atoms with Crippen molar-refractivity contribution >= 4 is 29.7 Å². The van der Waals surface area contributed by atoms with Crippen molar-refractivity contribution in [3.8, 4) is 0 Å². The summed E-state index contributed by atoms with van der Waals surface area (Å²) in [5.74, 6) is -4.34. The minimum absolute atomic E-state index is 0.0671. The number of carbonyl (C=O) groups is 5. The van der Waals surface area contributed by atoms with Gasteiger partial charge in [0.15, 0.2) is 0 Å². The van der Waals surface area contributed by atoms with E-state index in [0.717, 1.165) is 5.56 Å². The molecule has 7 N–H and O–H groups in total. The van der Waals surface area contributed by atoms with Gasteiger partial charge in [-0.2, -0.15) is 0 Å². The third-order valence-electron chi connectivity index (χ3n) is 5.83. The van der Waals surface area contributed by atoms with Gasteiger partial charge in [-0.3, -0.25) is 19.2 Å². The van der Waals surface area contributed by atoms with Gasteiger partial charge in [-0.1, -0.05) is 43.2 Å². The number of benzene rings is 1. The monoisotopic (exact) mass is 476 g/mol. The Hall–Kier alpha value is -3.47. The van der Waals surface area contributed by atoms with Crippen LogP contribution in [0.25, 0.3) is 0 Å². The molecule has 0 spiro atoms. The van der Waals surface area contributed by atoms with Crippen LogP contribution in [0.1, 0.15) is 51.0 Å². The highest BCUT2D eigenvalue weighted by Gasteiger charge is 2.44. The highest BCUT2D eigenvalue weighted by molar-refractivity contribution is 5.96. The van der Waals surface area contributed by atoms with Gasteiger partial charge in [-0.05, 0) is 31.7 Å². The zero-order chi connectivity index (χ0) is 25.3. The van der Waals surface area contributed by atoms with Gasteiger partial charge in [-0.25, -0.2) is 4.79 Å². The average Bonchev–Trinajstić information content (AvgIpc) is 3.26. The fourth-order valence-electron chi connectivity index (χ4n) is 3.90. The Morgan fingerprint density at radius 1 is 0.971 bits per heavy atom. The van der Waals surface area contributed by atoms with E-state index in [-0.39, 0.29) is 32.1 Å². The highest BCUT2D eigenvalue weighted by Crippen LogP contribution is 2.30. The number of hydrogen-bond acceptors (Lipinski definition) is 6. The smallest absolute Gasteiger partial charge is 0.326 e. The minimum Gasteiger partial charge on any atom is -0.481 e. The van der Waals surface area contributed by atoms with Crippen LogP contribution in [0, 0.1) is 0 Å². The van der Waals surface area contributed by atoms with Crippen molar-refractivity contribution in [1.82, 2.24) is 16.0 Å². The van der Waals surface area contributed by atoms with E-state index in [4.69, 9.17) is 10.8 Å². The summed E-state index contributed by atoms with van der Waals surface area (Å²) in [4.78, 5) is 61.1. The molecular weight excluding hydrogens is 444 g/mol. The van der Waals surface area contributed by atoms with Crippen LogP contribution in [0.3, 0.4) is 0 Å². The Labute approximate surface area is 197 Å². The lowest BCUT2D eigenvalue weighted by Gasteiger charge is -2.32. The zero-order valence-corrected chi connectivity index (χ0v) is 19.1. The van der Waals surface area contributed by atoms with Crippen LogP contribution in [0.15, 0.2) is 30.3 Å². The van der Waals surface area contributed by atoms with E-state index >= 15 is 0 Å². The molecule has 0 aromatic heterocycles. The van der Waals surface area contributed by atoms with Gasteiger partial charge in [0.2, 0.25) is 17.7 Å². The van der Waals surface area contributed by atoms with Crippen LogP contribution in [0.5, 0.6) is 0 Å². The maximum absolute atomic E-state index is 13.2. The lowest BCUT2D eigenvalue weighted by molar-refractivity contribution is -0.143. The molecule has 1 aliphatic rings. The Kier molecular flexibility index (Phi) is 9.55. The van der Waals surface area contributed by atoms with Crippen LogP contribution in [0.4, 0.5) is 0 Å². The van der Waals surface area contributed by atoms with Gasteiger partial charge < -0.3 is 31.9 Å². The van der Waals surface area contributed by atoms with Gasteiger partial charge in [0, 0.05) is 12.8 Å². The Balaban J connectivity index is 2.17. The predicted octanol–water partition coefficient (Wildman–Crippen LogP) is -0.0757. The molecule has 0 aliphatic heterocycles.